The molecule has 1 aromatic heterocycles. The van der Waals surface area contributed by atoms with E-state index in [0.29, 0.717) is 19.6 Å². The van der Waals surface area contributed by atoms with Gasteiger partial charge < -0.3 is 15.0 Å². The minimum absolute atomic E-state index is 0. The maximum absolute atomic E-state index is 13.2. The van der Waals surface area contributed by atoms with Crippen LogP contribution in [0.4, 0.5) is 0 Å². The number of aromatic nitrogens is 1. The summed E-state index contributed by atoms with van der Waals surface area (Å²) in [6, 6.07) is 10.3. The number of halogens is 1. The minimum atomic E-state index is 0. The number of carbonyl (C=O) groups is 1. The molecule has 1 saturated heterocycles. The van der Waals surface area contributed by atoms with Crippen molar-refractivity contribution in [2.75, 3.05) is 19.7 Å². The lowest BCUT2D eigenvalue weighted by Crippen LogP contribution is -2.41. The van der Waals surface area contributed by atoms with Crippen molar-refractivity contribution in [2.45, 2.75) is 59.0 Å². The van der Waals surface area contributed by atoms with E-state index in [9.17, 15) is 4.79 Å². The number of benzene rings is 1. The van der Waals surface area contributed by atoms with Gasteiger partial charge in [0.2, 0.25) is 5.91 Å². The summed E-state index contributed by atoms with van der Waals surface area (Å²) in [6.07, 6.45) is 5.27. The van der Waals surface area contributed by atoms with Crippen LogP contribution in [0.15, 0.2) is 36.5 Å². The van der Waals surface area contributed by atoms with Crippen molar-refractivity contribution in [1.82, 2.24) is 15.2 Å². The van der Waals surface area contributed by atoms with E-state index in [1.165, 1.54) is 11.1 Å². The van der Waals surface area contributed by atoms with Crippen molar-refractivity contribution in [3.63, 3.8) is 0 Å². The first-order valence-corrected chi connectivity index (χ1v) is 10.7. The molecule has 5 nitrogen and oxygen atoms in total. The minimum Gasteiger partial charge on any atom is -0.493 e. The molecule has 1 aliphatic heterocycles. The number of amides is 1. The van der Waals surface area contributed by atoms with Gasteiger partial charge in [0.15, 0.2) is 0 Å². The molecular formula is C24H34ClN3O2. The second kappa shape index (κ2) is 11.9. The molecule has 1 aromatic carbocycles. The number of hydrogen-bond acceptors (Lipinski definition) is 4. The average Bonchev–Trinajstić information content (AvgIpc) is 2.99. The molecule has 1 fully saturated rings. The van der Waals surface area contributed by atoms with Gasteiger partial charge in [-0.25, -0.2) is 0 Å². The number of carbonyl (C=O) groups excluding carboxylic acids is 1. The Morgan fingerprint density at radius 3 is 2.80 bits per heavy atom. The maximum Gasteiger partial charge on any atom is 0.226 e. The van der Waals surface area contributed by atoms with Crippen LogP contribution >= 0.6 is 12.4 Å². The highest BCUT2D eigenvalue weighted by molar-refractivity contribution is 5.85. The Hall–Kier alpha value is -2.11. The van der Waals surface area contributed by atoms with Crippen LogP contribution in [-0.2, 0) is 11.3 Å². The van der Waals surface area contributed by atoms with Gasteiger partial charge in [-0.1, -0.05) is 12.1 Å². The number of aryl methyl sites for hydroxylation is 2. The summed E-state index contributed by atoms with van der Waals surface area (Å²) in [5.41, 5.74) is 4.47. The van der Waals surface area contributed by atoms with Crippen LogP contribution < -0.4 is 10.1 Å². The molecule has 6 heteroatoms. The largest absolute Gasteiger partial charge is 0.493 e. The number of nitrogens with zero attached hydrogens (tertiary/aromatic N) is 2. The number of nitrogens with one attached hydrogen (secondary N) is 1. The Balaban J connectivity index is 0.00000320. The van der Waals surface area contributed by atoms with Crippen LogP contribution in [0.3, 0.4) is 0 Å². The summed E-state index contributed by atoms with van der Waals surface area (Å²) >= 11 is 0. The van der Waals surface area contributed by atoms with Crippen LogP contribution in [0.2, 0.25) is 0 Å². The lowest BCUT2D eigenvalue weighted by molar-refractivity contribution is -0.135. The zero-order chi connectivity index (χ0) is 20.6. The van der Waals surface area contributed by atoms with Crippen LogP contribution in [-0.4, -0.2) is 41.5 Å². The second-order valence-electron chi connectivity index (χ2n) is 7.98. The quantitative estimate of drug-likeness (QED) is 0.707. The fourth-order valence-electron chi connectivity index (χ4n) is 3.94. The molecule has 30 heavy (non-hydrogen) atoms. The van der Waals surface area contributed by atoms with E-state index in [0.717, 1.165) is 49.4 Å². The summed E-state index contributed by atoms with van der Waals surface area (Å²) in [7, 11) is 0. The molecule has 1 atom stereocenters. The third-order valence-corrected chi connectivity index (χ3v) is 5.70. The number of pyridine rings is 1. The molecule has 2 aromatic rings. The van der Waals surface area contributed by atoms with Gasteiger partial charge in [-0.3, -0.25) is 9.78 Å². The lowest BCUT2D eigenvalue weighted by Gasteiger charge is -2.31. The molecule has 0 saturated carbocycles. The molecule has 164 valence electrons. The molecule has 1 amide bonds. The Morgan fingerprint density at radius 2 is 2.03 bits per heavy atom. The summed E-state index contributed by atoms with van der Waals surface area (Å²) in [5.74, 6) is 1.02. The first-order chi connectivity index (χ1) is 14.0. The summed E-state index contributed by atoms with van der Waals surface area (Å²) in [4.78, 5) is 19.6. The highest BCUT2D eigenvalue weighted by Crippen LogP contribution is 2.24. The Morgan fingerprint density at radius 1 is 1.20 bits per heavy atom. The van der Waals surface area contributed by atoms with Gasteiger partial charge in [-0.15, -0.1) is 12.4 Å². The van der Waals surface area contributed by atoms with Gasteiger partial charge in [0.05, 0.1) is 25.3 Å². The van der Waals surface area contributed by atoms with E-state index in [4.69, 9.17) is 4.74 Å². The van der Waals surface area contributed by atoms with Crippen molar-refractivity contribution in [3.8, 4) is 5.75 Å². The fraction of sp³-hybridized carbons (Fsp3) is 0.500. The topological polar surface area (TPSA) is 54.5 Å². The van der Waals surface area contributed by atoms with E-state index in [1.54, 1.807) is 6.20 Å². The molecule has 3 rings (SSSR count). The van der Waals surface area contributed by atoms with E-state index in [1.807, 2.05) is 23.1 Å². The number of ether oxygens (including phenoxy) is 1. The monoisotopic (exact) mass is 431 g/mol. The molecule has 0 radical (unpaired) electrons. The predicted octanol–water partition coefficient (Wildman–Crippen LogP) is 4.37. The Bertz CT molecular complexity index is 806. The average molecular weight is 432 g/mol. The number of rotatable bonds is 7. The zero-order valence-corrected chi connectivity index (χ0v) is 19.1. The zero-order valence-electron chi connectivity index (χ0n) is 18.3. The molecule has 2 heterocycles. The van der Waals surface area contributed by atoms with Gasteiger partial charge in [-0.2, -0.15) is 0 Å². The Labute approximate surface area is 186 Å². The highest BCUT2D eigenvalue weighted by atomic mass is 35.5. The second-order valence-corrected chi connectivity index (χ2v) is 7.98. The van der Waals surface area contributed by atoms with E-state index < -0.39 is 0 Å². The smallest absolute Gasteiger partial charge is 0.226 e. The normalized spacial score (nSPS) is 16.3. The van der Waals surface area contributed by atoms with E-state index in [-0.39, 0.29) is 24.4 Å². The van der Waals surface area contributed by atoms with Gasteiger partial charge in [0, 0.05) is 12.2 Å². The third-order valence-electron chi connectivity index (χ3n) is 5.70. The fourth-order valence-corrected chi connectivity index (χ4v) is 3.94. The van der Waals surface area contributed by atoms with Gasteiger partial charge >= 0.3 is 0 Å². The van der Waals surface area contributed by atoms with Crippen LogP contribution in [0, 0.1) is 20.8 Å². The molecule has 0 spiro atoms. The highest BCUT2D eigenvalue weighted by Gasteiger charge is 2.25. The molecule has 0 aliphatic carbocycles. The van der Waals surface area contributed by atoms with Crippen molar-refractivity contribution in [1.29, 1.82) is 0 Å². The first-order valence-electron chi connectivity index (χ1n) is 10.7. The SMILES string of the molecule is Cc1cc(C)c(C)c(OCCC(=O)N(Cc2ccccn2)C2CCCNCC2)c1.Cl. The standard InChI is InChI=1S/C24H33N3O2.ClH/c1-18-15-19(2)20(3)23(16-18)29-14-10-24(28)27(17-21-7-4-5-12-26-21)22-8-6-11-25-13-9-22;/h4-5,7,12,15-16,22,25H,6,8-11,13-14,17H2,1-3H3;1H. The van der Waals surface area contributed by atoms with Crippen LogP contribution in [0.1, 0.15) is 48.1 Å². The van der Waals surface area contributed by atoms with Crippen LogP contribution in [0.5, 0.6) is 5.75 Å². The molecule has 0 bridgehead atoms. The van der Waals surface area contributed by atoms with Gasteiger partial charge in [-0.05, 0) is 88.0 Å². The van der Waals surface area contributed by atoms with Crippen molar-refractivity contribution >= 4 is 18.3 Å². The first kappa shape index (κ1) is 24.2. The predicted molar refractivity (Wildman–Crippen MR) is 123 cm³/mol. The van der Waals surface area contributed by atoms with E-state index in [2.05, 4.69) is 43.2 Å². The molecular weight excluding hydrogens is 398 g/mol. The molecule has 1 N–H and O–H groups in total. The summed E-state index contributed by atoms with van der Waals surface area (Å²) < 4.78 is 6.01. The third kappa shape index (κ3) is 6.71. The molecule has 1 aliphatic rings. The maximum atomic E-state index is 13.2. The van der Waals surface area contributed by atoms with Crippen molar-refractivity contribution in [2.24, 2.45) is 0 Å². The van der Waals surface area contributed by atoms with E-state index >= 15 is 0 Å². The lowest BCUT2D eigenvalue weighted by atomic mass is 10.1. The summed E-state index contributed by atoms with van der Waals surface area (Å²) in [5, 5.41) is 3.44. The Kier molecular flexibility index (Phi) is 9.60. The van der Waals surface area contributed by atoms with Crippen molar-refractivity contribution in [3.05, 3.63) is 58.9 Å². The summed E-state index contributed by atoms with van der Waals surface area (Å²) in [6.45, 7) is 9.16. The van der Waals surface area contributed by atoms with Crippen LogP contribution in [0.25, 0.3) is 0 Å². The van der Waals surface area contributed by atoms with Crippen molar-refractivity contribution < 1.29 is 9.53 Å². The van der Waals surface area contributed by atoms with Gasteiger partial charge in [0.1, 0.15) is 5.75 Å². The molecule has 1 unspecified atom stereocenters. The van der Waals surface area contributed by atoms with Gasteiger partial charge in [0.25, 0.3) is 0 Å². The number of hydrogen-bond donors (Lipinski definition) is 1.